The number of aliphatic hydroxyl groups excluding tert-OH is 1. The van der Waals surface area contributed by atoms with Crippen LogP contribution in [0.2, 0.25) is 0 Å². The Morgan fingerprint density at radius 2 is 1.68 bits per heavy atom. The SMILES string of the molecule is OC(c1cc(Br)ccc1I)c1ccc(F)c(F)c1F. The van der Waals surface area contributed by atoms with Crippen LogP contribution in [-0.2, 0) is 0 Å². The van der Waals surface area contributed by atoms with Gasteiger partial charge in [0.2, 0.25) is 0 Å². The van der Waals surface area contributed by atoms with Gasteiger partial charge in [0.05, 0.1) is 0 Å². The van der Waals surface area contributed by atoms with E-state index < -0.39 is 23.6 Å². The van der Waals surface area contributed by atoms with Gasteiger partial charge in [-0.15, -0.1) is 0 Å². The summed E-state index contributed by atoms with van der Waals surface area (Å²) in [5.41, 5.74) is 0.120. The zero-order chi connectivity index (χ0) is 14.2. The predicted molar refractivity (Wildman–Crippen MR) is 77.2 cm³/mol. The highest BCUT2D eigenvalue weighted by molar-refractivity contribution is 14.1. The molecule has 0 saturated carbocycles. The van der Waals surface area contributed by atoms with Crippen molar-refractivity contribution in [3.05, 3.63) is 67.0 Å². The Balaban J connectivity index is 2.53. The number of rotatable bonds is 2. The van der Waals surface area contributed by atoms with Gasteiger partial charge < -0.3 is 5.11 Å². The fourth-order valence-electron chi connectivity index (χ4n) is 1.64. The molecule has 0 aromatic heterocycles. The smallest absolute Gasteiger partial charge is 0.194 e. The van der Waals surface area contributed by atoms with Gasteiger partial charge in [0.25, 0.3) is 0 Å². The van der Waals surface area contributed by atoms with E-state index in [1.807, 2.05) is 22.6 Å². The van der Waals surface area contributed by atoms with Crippen molar-refractivity contribution in [3.63, 3.8) is 0 Å². The maximum atomic E-state index is 13.6. The lowest BCUT2D eigenvalue weighted by Crippen LogP contribution is -2.07. The largest absolute Gasteiger partial charge is 0.384 e. The first-order valence-electron chi connectivity index (χ1n) is 5.18. The third kappa shape index (κ3) is 2.95. The second-order valence-corrected chi connectivity index (χ2v) is 5.91. The van der Waals surface area contributed by atoms with Crippen LogP contribution in [0.3, 0.4) is 0 Å². The number of hydrogen-bond acceptors (Lipinski definition) is 1. The topological polar surface area (TPSA) is 20.2 Å². The molecule has 0 spiro atoms. The molecule has 0 radical (unpaired) electrons. The highest BCUT2D eigenvalue weighted by Gasteiger charge is 2.22. The summed E-state index contributed by atoms with van der Waals surface area (Å²) >= 11 is 5.21. The van der Waals surface area contributed by atoms with E-state index in [9.17, 15) is 18.3 Å². The molecule has 1 N–H and O–H groups in total. The molecule has 0 aliphatic heterocycles. The van der Waals surface area contributed by atoms with Crippen LogP contribution in [-0.4, -0.2) is 5.11 Å². The van der Waals surface area contributed by atoms with Crippen LogP contribution >= 0.6 is 38.5 Å². The van der Waals surface area contributed by atoms with E-state index >= 15 is 0 Å². The van der Waals surface area contributed by atoms with Crippen LogP contribution in [0.5, 0.6) is 0 Å². The molecule has 2 aromatic carbocycles. The molecule has 1 unspecified atom stereocenters. The average Bonchev–Trinajstić information content (AvgIpc) is 2.38. The maximum Gasteiger partial charge on any atom is 0.194 e. The Labute approximate surface area is 129 Å². The lowest BCUT2D eigenvalue weighted by molar-refractivity contribution is 0.211. The minimum atomic E-state index is -1.58. The van der Waals surface area contributed by atoms with E-state index in [-0.39, 0.29) is 5.56 Å². The molecular weight excluding hydrogens is 436 g/mol. The molecular formula is C13H7BrF3IO. The van der Waals surface area contributed by atoms with Crippen LogP contribution in [0.1, 0.15) is 17.2 Å². The highest BCUT2D eigenvalue weighted by Crippen LogP contribution is 2.31. The van der Waals surface area contributed by atoms with E-state index in [1.165, 1.54) is 0 Å². The molecule has 100 valence electrons. The fraction of sp³-hybridized carbons (Fsp3) is 0.0769. The van der Waals surface area contributed by atoms with E-state index in [0.717, 1.165) is 12.1 Å². The van der Waals surface area contributed by atoms with E-state index in [4.69, 9.17) is 0 Å². The summed E-state index contributed by atoms with van der Waals surface area (Å²) in [7, 11) is 0. The van der Waals surface area contributed by atoms with E-state index in [2.05, 4.69) is 15.9 Å². The van der Waals surface area contributed by atoms with Crippen molar-refractivity contribution in [2.45, 2.75) is 6.10 Å². The molecule has 2 aromatic rings. The van der Waals surface area contributed by atoms with Crippen molar-refractivity contribution in [2.75, 3.05) is 0 Å². The molecule has 0 fully saturated rings. The summed E-state index contributed by atoms with van der Waals surface area (Å²) in [5.74, 6) is -4.23. The Bertz CT molecular complexity index is 634. The summed E-state index contributed by atoms with van der Waals surface area (Å²) in [4.78, 5) is 0. The zero-order valence-corrected chi connectivity index (χ0v) is 13.0. The van der Waals surface area contributed by atoms with E-state index in [0.29, 0.717) is 13.6 Å². The normalized spacial score (nSPS) is 12.5. The monoisotopic (exact) mass is 442 g/mol. The molecule has 2 rings (SSSR count). The van der Waals surface area contributed by atoms with E-state index in [1.54, 1.807) is 18.2 Å². The van der Waals surface area contributed by atoms with Crippen molar-refractivity contribution in [1.29, 1.82) is 0 Å². The summed E-state index contributed by atoms with van der Waals surface area (Å²) in [6, 6.07) is 6.92. The third-order valence-corrected chi connectivity index (χ3v) is 4.09. The lowest BCUT2D eigenvalue weighted by atomic mass is 10.0. The molecule has 0 saturated heterocycles. The second-order valence-electron chi connectivity index (χ2n) is 3.83. The van der Waals surface area contributed by atoms with Gasteiger partial charge in [-0.1, -0.05) is 22.0 Å². The van der Waals surface area contributed by atoms with Gasteiger partial charge >= 0.3 is 0 Å². The van der Waals surface area contributed by atoms with Crippen molar-refractivity contribution >= 4 is 38.5 Å². The minimum absolute atomic E-state index is 0.296. The van der Waals surface area contributed by atoms with Gasteiger partial charge in [-0.25, -0.2) is 13.2 Å². The standard InChI is InChI=1S/C13H7BrF3IO/c14-6-1-4-10(18)8(5-6)13(19)7-2-3-9(15)12(17)11(7)16/h1-5,13,19H. The summed E-state index contributed by atoms with van der Waals surface area (Å²) in [5, 5.41) is 10.1. The van der Waals surface area contributed by atoms with Gasteiger partial charge in [0.15, 0.2) is 17.5 Å². The van der Waals surface area contributed by atoms with Crippen molar-refractivity contribution in [2.24, 2.45) is 0 Å². The van der Waals surface area contributed by atoms with Gasteiger partial charge in [-0.2, -0.15) is 0 Å². The molecule has 0 aliphatic carbocycles. The molecule has 0 heterocycles. The molecule has 1 nitrogen and oxygen atoms in total. The van der Waals surface area contributed by atoms with Gasteiger partial charge in [-0.05, 0) is 52.4 Å². The number of aliphatic hydroxyl groups is 1. The Hall–Kier alpha value is -0.600. The molecule has 1 atom stereocenters. The summed E-state index contributed by atoms with van der Waals surface area (Å²) in [6.07, 6.45) is -1.36. The van der Waals surface area contributed by atoms with Crippen LogP contribution in [0.15, 0.2) is 34.8 Å². The number of hydrogen-bond donors (Lipinski definition) is 1. The molecule has 19 heavy (non-hydrogen) atoms. The third-order valence-electron chi connectivity index (χ3n) is 2.61. The molecule has 0 bridgehead atoms. The number of halogens is 5. The van der Waals surface area contributed by atoms with Crippen LogP contribution in [0.4, 0.5) is 13.2 Å². The quantitative estimate of drug-likeness (QED) is 0.534. The van der Waals surface area contributed by atoms with Gasteiger partial charge in [-0.3, -0.25) is 0 Å². The predicted octanol–water partition coefficient (Wildman–Crippen LogP) is 4.55. The Kier molecular flexibility index (Phi) is 4.52. The average molecular weight is 443 g/mol. The van der Waals surface area contributed by atoms with Crippen LogP contribution in [0.25, 0.3) is 0 Å². The maximum absolute atomic E-state index is 13.6. The van der Waals surface area contributed by atoms with Gasteiger partial charge in [0.1, 0.15) is 6.10 Å². The molecule has 0 amide bonds. The van der Waals surface area contributed by atoms with Crippen molar-refractivity contribution in [3.8, 4) is 0 Å². The first-order valence-corrected chi connectivity index (χ1v) is 7.05. The van der Waals surface area contributed by atoms with Crippen LogP contribution < -0.4 is 0 Å². The lowest BCUT2D eigenvalue weighted by Gasteiger charge is -2.15. The second kappa shape index (κ2) is 5.80. The fourth-order valence-corrected chi connectivity index (χ4v) is 2.65. The minimum Gasteiger partial charge on any atom is -0.384 e. The molecule has 0 aliphatic rings. The molecule has 6 heteroatoms. The first-order chi connectivity index (χ1) is 8.91. The Morgan fingerprint density at radius 3 is 2.37 bits per heavy atom. The van der Waals surface area contributed by atoms with Crippen molar-refractivity contribution in [1.82, 2.24) is 0 Å². The summed E-state index contributed by atoms with van der Waals surface area (Å²) in [6.45, 7) is 0. The Morgan fingerprint density at radius 1 is 1.00 bits per heavy atom. The van der Waals surface area contributed by atoms with Crippen molar-refractivity contribution < 1.29 is 18.3 Å². The zero-order valence-electron chi connectivity index (χ0n) is 9.30. The first kappa shape index (κ1) is 14.8. The van der Waals surface area contributed by atoms with Crippen LogP contribution in [0, 0.1) is 21.0 Å². The summed E-state index contributed by atoms with van der Waals surface area (Å²) < 4.78 is 41.1. The number of benzene rings is 2. The highest BCUT2D eigenvalue weighted by atomic mass is 127. The van der Waals surface area contributed by atoms with Gasteiger partial charge in [0, 0.05) is 13.6 Å².